The average molecular weight is 236 g/mol. The number of anilines is 1. The molecule has 1 fully saturated rings. The summed E-state index contributed by atoms with van der Waals surface area (Å²) in [4.78, 5) is 11.0. The molecule has 0 saturated carbocycles. The second kappa shape index (κ2) is 5.25. The van der Waals surface area contributed by atoms with Gasteiger partial charge in [0, 0.05) is 23.0 Å². The molecule has 1 amide bonds. The lowest BCUT2D eigenvalue weighted by Gasteiger charge is -2.23. The van der Waals surface area contributed by atoms with Gasteiger partial charge in [0.15, 0.2) is 0 Å². The molecule has 3 nitrogen and oxygen atoms in total. The van der Waals surface area contributed by atoms with Crippen molar-refractivity contribution >= 4 is 23.4 Å². The van der Waals surface area contributed by atoms with Gasteiger partial charge in [-0.05, 0) is 36.8 Å². The molecule has 1 aliphatic heterocycles. The molecule has 3 N–H and O–H groups in total. The minimum absolute atomic E-state index is 0.373. The Morgan fingerprint density at radius 3 is 3.06 bits per heavy atom. The first kappa shape index (κ1) is 11.3. The highest BCUT2D eigenvalue weighted by atomic mass is 32.2. The van der Waals surface area contributed by atoms with Gasteiger partial charge in [0.1, 0.15) is 0 Å². The van der Waals surface area contributed by atoms with Gasteiger partial charge in [-0.3, -0.25) is 4.79 Å². The summed E-state index contributed by atoms with van der Waals surface area (Å²) < 4.78 is 0. The van der Waals surface area contributed by atoms with E-state index in [2.05, 4.69) is 5.32 Å². The van der Waals surface area contributed by atoms with Crippen molar-refractivity contribution < 1.29 is 4.79 Å². The van der Waals surface area contributed by atoms with Gasteiger partial charge < -0.3 is 11.1 Å². The highest BCUT2D eigenvalue weighted by Gasteiger charge is 2.13. The molecule has 0 bridgehead atoms. The normalized spacial score (nSPS) is 20.4. The number of hydrogen-bond donors (Lipinski definition) is 2. The summed E-state index contributed by atoms with van der Waals surface area (Å²) >= 11 is 1.98. The lowest BCUT2D eigenvalue weighted by molar-refractivity contribution is 0.100. The van der Waals surface area contributed by atoms with E-state index in [1.165, 1.54) is 18.6 Å². The molecule has 0 radical (unpaired) electrons. The van der Waals surface area contributed by atoms with Gasteiger partial charge in [-0.2, -0.15) is 11.8 Å². The molecule has 16 heavy (non-hydrogen) atoms. The first-order valence-electron chi connectivity index (χ1n) is 5.50. The number of nitrogens with two attached hydrogens (primary N) is 1. The zero-order valence-electron chi connectivity index (χ0n) is 9.11. The summed E-state index contributed by atoms with van der Waals surface area (Å²) in [6.45, 7) is 0. The number of hydrogen-bond acceptors (Lipinski definition) is 3. The fraction of sp³-hybridized carbons (Fsp3) is 0.417. The lowest BCUT2D eigenvalue weighted by Crippen LogP contribution is -2.25. The molecular weight excluding hydrogens is 220 g/mol. The Kier molecular flexibility index (Phi) is 3.72. The van der Waals surface area contributed by atoms with Gasteiger partial charge in [-0.15, -0.1) is 0 Å². The molecule has 2 rings (SSSR count). The molecule has 1 aromatic rings. The summed E-state index contributed by atoms with van der Waals surface area (Å²) in [6, 6.07) is 7.91. The van der Waals surface area contributed by atoms with E-state index in [-0.39, 0.29) is 5.91 Å². The summed E-state index contributed by atoms with van der Waals surface area (Å²) in [7, 11) is 0. The molecule has 1 heterocycles. The van der Waals surface area contributed by atoms with Gasteiger partial charge in [0.05, 0.1) is 0 Å². The molecule has 4 heteroatoms. The van der Waals surface area contributed by atoms with Gasteiger partial charge >= 0.3 is 0 Å². The van der Waals surface area contributed by atoms with Crippen LogP contribution in [-0.4, -0.2) is 23.5 Å². The van der Waals surface area contributed by atoms with Crippen LogP contribution in [0.1, 0.15) is 23.2 Å². The summed E-state index contributed by atoms with van der Waals surface area (Å²) in [5, 5.41) is 3.45. The van der Waals surface area contributed by atoms with Crippen molar-refractivity contribution in [1.82, 2.24) is 0 Å². The molecule has 1 aliphatic rings. The van der Waals surface area contributed by atoms with Crippen molar-refractivity contribution in [2.75, 3.05) is 16.8 Å². The maximum Gasteiger partial charge on any atom is 0.248 e. The number of primary amides is 1. The molecule has 0 aromatic heterocycles. The van der Waals surface area contributed by atoms with Crippen LogP contribution in [0.25, 0.3) is 0 Å². The fourth-order valence-corrected chi connectivity index (χ4v) is 2.92. The number of benzene rings is 1. The van der Waals surface area contributed by atoms with Gasteiger partial charge in [0.25, 0.3) is 0 Å². The van der Waals surface area contributed by atoms with Gasteiger partial charge in [-0.1, -0.05) is 6.07 Å². The first-order chi connectivity index (χ1) is 7.75. The number of amides is 1. The van der Waals surface area contributed by atoms with Crippen LogP contribution in [0.5, 0.6) is 0 Å². The monoisotopic (exact) mass is 236 g/mol. The maximum absolute atomic E-state index is 11.0. The largest absolute Gasteiger partial charge is 0.381 e. The summed E-state index contributed by atoms with van der Waals surface area (Å²) in [5.41, 5.74) is 6.80. The smallest absolute Gasteiger partial charge is 0.248 e. The van der Waals surface area contributed by atoms with E-state index < -0.39 is 0 Å². The highest BCUT2D eigenvalue weighted by Crippen LogP contribution is 2.21. The second-order valence-corrected chi connectivity index (χ2v) is 5.15. The van der Waals surface area contributed by atoms with E-state index >= 15 is 0 Å². The van der Waals surface area contributed by atoms with Crippen LogP contribution in [0.4, 0.5) is 5.69 Å². The first-order valence-corrected chi connectivity index (χ1v) is 6.65. The molecule has 1 atom stereocenters. The van der Waals surface area contributed by atoms with Crippen LogP contribution in [0.15, 0.2) is 24.3 Å². The Morgan fingerprint density at radius 2 is 2.38 bits per heavy atom. The highest BCUT2D eigenvalue weighted by molar-refractivity contribution is 7.99. The van der Waals surface area contributed by atoms with E-state index in [4.69, 9.17) is 5.73 Å². The molecule has 86 valence electrons. The van der Waals surface area contributed by atoms with Crippen LogP contribution in [0, 0.1) is 0 Å². The topological polar surface area (TPSA) is 55.1 Å². The number of thioether (sulfide) groups is 1. The minimum Gasteiger partial charge on any atom is -0.381 e. The predicted octanol–water partition coefficient (Wildman–Crippen LogP) is 2.09. The molecule has 1 unspecified atom stereocenters. The third-order valence-corrected chi connectivity index (χ3v) is 3.89. The van der Waals surface area contributed by atoms with E-state index in [1.807, 2.05) is 30.0 Å². The standard InChI is InChI=1S/C12H16N2OS/c13-12(15)9-3-1-4-10(7-9)14-11-5-2-6-16-8-11/h1,3-4,7,11,14H,2,5-6,8H2,(H2,13,15). The number of rotatable bonds is 3. The van der Waals surface area contributed by atoms with Crippen LogP contribution in [0.3, 0.4) is 0 Å². The fourth-order valence-electron chi connectivity index (χ4n) is 1.85. The quantitative estimate of drug-likeness (QED) is 0.845. The van der Waals surface area contributed by atoms with Crippen LogP contribution in [-0.2, 0) is 0 Å². The van der Waals surface area contributed by atoms with Crippen LogP contribution < -0.4 is 11.1 Å². The van der Waals surface area contributed by atoms with Gasteiger partial charge in [0.2, 0.25) is 5.91 Å². The maximum atomic E-state index is 11.0. The van der Waals surface area contributed by atoms with Crippen LogP contribution >= 0.6 is 11.8 Å². The number of carbonyl (C=O) groups excluding carboxylic acids is 1. The molecule has 0 aliphatic carbocycles. The molecular formula is C12H16N2OS. The van der Waals surface area contributed by atoms with E-state index in [0.29, 0.717) is 11.6 Å². The van der Waals surface area contributed by atoms with Crippen molar-refractivity contribution in [3.63, 3.8) is 0 Å². The minimum atomic E-state index is -0.373. The molecule has 1 saturated heterocycles. The van der Waals surface area contributed by atoms with Crippen molar-refractivity contribution in [2.45, 2.75) is 18.9 Å². The van der Waals surface area contributed by atoms with Crippen LogP contribution in [0.2, 0.25) is 0 Å². The zero-order valence-corrected chi connectivity index (χ0v) is 9.93. The zero-order chi connectivity index (χ0) is 11.4. The van der Waals surface area contributed by atoms with Crippen molar-refractivity contribution in [3.05, 3.63) is 29.8 Å². The Balaban J connectivity index is 2.02. The summed E-state index contributed by atoms with van der Waals surface area (Å²) in [6.07, 6.45) is 2.46. The third-order valence-electron chi connectivity index (χ3n) is 2.68. The third kappa shape index (κ3) is 2.92. The van der Waals surface area contributed by atoms with E-state index in [1.54, 1.807) is 6.07 Å². The Morgan fingerprint density at radius 1 is 1.50 bits per heavy atom. The van der Waals surface area contributed by atoms with Gasteiger partial charge in [-0.25, -0.2) is 0 Å². The van der Waals surface area contributed by atoms with Crippen molar-refractivity contribution in [2.24, 2.45) is 5.73 Å². The molecule has 1 aromatic carbocycles. The van der Waals surface area contributed by atoms with Crippen molar-refractivity contribution in [1.29, 1.82) is 0 Å². The number of nitrogens with one attached hydrogen (secondary N) is 1. The van der Waals surface area contributed by atoms with E-state index in [9.17, 15) is 4.79 Å². The van der Waals surface area contributed by atoms with Crippen molar-refractivity contribution in [3.8, 4) is 0 Å². The Hall–Kier alpha value is -1.16. The predicted molar refractivity (Wildman–Crippen MR) is 68.9 cm³/mol. The molecule has 0 spiro atoms. The average Bonchev–Trinajstić information content (AvgIpc) is 2.30. The SMILES string of the molecule is NC(=O)c1cccc(NC2CCCSC2)c1. The second-order valence-electron chi connectivity index (χ2n) is 4.00. The Bertz CT molecular complexity index is 375. The lowest BCUT2D eigenvalue weighted by atomic mass is 10.1. The summed E-state index contributed by atoms with van der Waals surface area (Å²) in [5.74, 6) is 2.03. The Labute approximate surface area is 99.8 Å². The number of carbonyl (C=O) groups is 1. The van der Waals surface area contributed by atoms with E-state index in [0.717, 1.165) is 11.4 Å².